The van der Waals surface area contributed by atoms with Crippen molar-refractivity contribution in [3.8, 4) is 0 Å². The lowest BCUT2D eigenvalue weighted by Crippen LogP contribution is -2.37. The normalized spacial score (nSPS) is 11.1. The lowest BCUT2D eigenvalue weighted by molar-refractivity contribution is -0.142. The summed E-state index contributed by atoms with van der Waals surface area (Å²) in [5.41, 5.74) is 0.290. The van der Waals surface area contributed by atoms with Gasteiger partial charge in [-0.05, 0) is 5.92 Å². The Morgan fingerprint density at radius 3 is 2.69 bits per heavy atom. The van der Waals surface area contributed by atoms with Crippen molar-refractivity contribution in [3.63, 3.8) is 0 Å². The molecule has 2 rings (SSSR count). The van der Waals surface area contributed by atoms with Crippen LogP contribution < -0.4 is 5.56 Å². The van der Waals surface area contributed by atoms with Crippen molar-refractivity contribution in [2.75, 3.05) is 20.2 Å². The minimum atomic E-state index is -0.353. The summed E-state index contributed by atoms with van der Waals surface area (Å²) >= 11 is 0. The highest BCUT2D eigenvalue weighted by Crippen LogP contribution is 2.06. The van der Waals surface area contributed by atoms with Crippen LogP contribution in [0.3, 0.4) is 0 Å². The number of carbonyl (C=O) groups is 2. The molecule has 0 bridgehead atoms. The van der Waals surface area contributed by atoms with Gasteiger partial charge in [-0.15, -0.1) is 0 Å². The van der Waals surface area contributed by atoms with Gasteiger partial charge in [0.2, 0.25) is 5.91 Å². The molecule has 9 heteroatoms. The molecule has 0 unspecified atom stereocenters. The number of amides is 1. The molecule has 0 saturated carbocycles. The van der Waals surface area contributed by atoms with Gasteiger partial charge < -0.3 is 9.64 Å². The van der Waals surface area contributed by atoms with Crippen LogP contribution in [0, 0.1) is 5.92 Å². The molecular formula is C17H25N5O4. The smallest absolute Gasteiger partial charge is 0.307 e. The molecule has 0 aliphatic heterocycles. The maximum absolute atomic E-state index is 12.6. The van der Waals surface area contributed by atoms with E-state index >= 15 is 0 Å². The molecule has 2 aromatic rings. The van der Waals surface area contributed by atoms with Gasteiger partial charge in [-0.25, -0.2) is 4.98 Å². The monoisotopic (exact) mass is 363 g/mol. The molecule has 1 amide bonds. The van der Waals surface area contributed by atoms with Crippen LogP contribution in [-0.4, -0.2) is 56.3 Å². The molecular weight excluding hydrogens is 338 g/mol. The van der Waals surface area contributed by atoms with E-state index in [1.165, 1.54) is 28.9 Å². The summed E-state index contributed by atoms with van der Waals surface area (Å²) in [4.78, 5) is 42.2. The molecule has 0 spiro atoms. The van der Waals surface area contributed by atoms with Crippen LogP contribution in [0.2, 0.25) is 0 Å². The Morgan fingerprint density at radius 1 is 1.31 bits per heavy atom. The predicted molar refractivity (Wildman–Crippen MR) is 95.4 cm³/mol. The molecule has 0 fully saturated rings. The average molecular weight is 363 g/mol. The summed E-state index contributed by atoms with van der Waals surface area (Å²) < 4.78 is 7.58. The average Bonchev–Trinajstić information content (AvgIpc) is 2.99. The number of hydrogen-bond donors (Lipinski definition) is 0. The summed E-state index contributed by atoms with van der Waals surface area (Å²) in [6.45, 7) is 5.08. The number of nitrogens with zero attached hydrogens (tertiary/aromatic N) is 5. The number of fused-ring (bicyclic) bond motifs is 1. The largest absolute Gasteiger partial charge is 0.469 e. The molecule has 2 heterocycles. The molecule has 9 nitrogen and oxygen atoms in total. The van der Waals surface area contributed by atoms with Gasteiger partial charge >= 0.3 is 5.97 Å². The van der Waals surface area contributed by atoms with Crippen molar-refractivity contribution in [3.05, 3.63) is 22.9 Å². The number of esters is 1. The van der Waals surface area contributed by atoms with Crippen molar-refractivity contribution in [1.29, 1.82) is 0 Å². The molecule has 0 saturated heterocycles. The van der Waals surface area contributed by atoms with E-state index in [2.05, 4.69) is 14.8 Å². The number of rotatable bonds is 8. The summed E-state index contributed by atoms with van der Waals surface area (Å²) in [7, 11) is 3.04. The van der Waals surface area contributed by atoms with E-state index in [1.54, 1.807) is 11.9 Å². The van der Waals surface area contributed by atoms with Crippen LogP contribution >= 0.6 is 0 Å². The highest BCUT2D eigenvalue weighted by Gasteiger charge is 2.17. The second kappa shape index (κ2) is 8.59. The van der Waals surface area contributed by atoms with Gasteiger partial charge in [-0.2, -0.15) is 5.10 Å². The Hall–Kier alpha value is -2.71. The Labute approximate surface area is 151 Å². The first kappa shape index (κ1) is 19.6. The Kier molecular flexibility index (Phi) is 6.48. The quantitative estimate of drug-likeness (QED) is 0.636. The molecule has 0 aliphatic rings. The fourth-order valence-corrected chi connectivity index (χ4v) is 2.69. The minimum Gasteiger partial charge on any atom is -0.469 e. The summed E-state index contributed by atoms with van der Waals surface area (Å²) in [6, 6.07) is 0. The van der Waals surface area contributed by atoms with Crippen LogP contribution in [0.25, 0.3) is 11.0 Å². The molecule has 0 aromatic carbocycles. The van der Waals surface area contributed by atoms with E-state index in [1.807, 2.05) is 13.8 Å². The fraction of sp³-hybridized carbons (Fsp3) is 0.588. The lowest BCUT2D eigenvalue weighted by atomic mass is 10.2. The number of methoxy groups -OCH3 is 1. The maximum Gasteiger partial charge on any atom is 0.307 e. The van der Waals surface area contributed by atoms with Crippen LogP contribution in [0.4, 0.5) is 0 Å². The topological polar surface area (TPSA) is 99.3 Å². The van der Waals surface area contributed by atoms with Crippen LogP contribution in [-0.2, 0) is 27.9 Å². The van der Waals surface area contributed by atoms with E-state index in [-0.39, 0.29) is 42.7 Å². The first-order chi connectivity index (χ1) is 12.3. The molecule has 0 N–H and O–H groups in total. The van der Waals surface area contributed by atoms with Crippen LogP contribution in [0.15, 0.2) is 17.3 Å². The van der Waals surface area contributed by atoms with E-state index in [4.69, 9.17) is 0 Å². The number of aryl methyl sites for hydroxylation is 2. The van der Waals surface area contributed by atoms with Gasteiger partial charge in [-0.1, -0.05) is 13.8 Å². The highest BCUT2D eigenvalue weighted by molar-refractivity contribution is 5.77. The lowest BCUT2D eigenvalue weighted by Gasteiger charge is -2.24. The summed E-state index contributed by atoms with van der Waals surface area (Å²) in [5.74, 6) is -0.192. The van der Waals surface area contributed by atoms with Crippen molar-refractivity contribution >= 4 is 22.9 Å². The van der Waals surface area contributed by atoms with E-state index in [0.29, 0.717) is 24.1 Å². The van der Waals surface area contributed by atoms with Crippen molar-refractivity contribution in [2.24, 2.45) is 13.0 Å². The minimum absolute atomic E-state index is 0.110. The predicted octanol–water partition coefficient (Wildman–Crippen LogP) is 0.568. The van der Waals surface area contributed by atoms with Gasteiger partial charge in [0.25, 0.3) is 5.56 Å². The maximum atomic E-state index is 12.6. The van der Waals surface area contributed by atoms with Crippen LogP contribution in [0.1, 0.15) is 26.7 Å². The van der Waals surface area contributed by atoms with Crippen LogP contribution in [0.5, 0.6) is 0 Å². The standard InChI is InChI=1S/C17H25N5O4/c1-12(2)10-21(8-6-15(24)26-4)14(23)5-7-22-11-18-16-13(17(22)25)9-19-20(16)3/h9,11-12H,5-8,10H2,1-4H3. The number of hydrogen-bond acceptors (Lipinski definition) is 6. The Bertz CT molecular complexity index is 839. The van der Waals surface area contributed by atoms with E-state index in [0.717, 1.165) is 0 Å². The third kappa shape index (κ3) is 4.68. The second-order valence-corrected chi connectivity index (χ2v) is 6.56. The molecule has 142 valence electrons. The van der Waals surface area contributed by atoms with Crippen molar-refractivity contribution in [1.82, 2.24) is 24.2 Å². The zero-order valence-corrected chi connectivity index (χ0v) is 15.6. The van der Waals surface area contributed by atoms with Gasteiger partial charge in [0.15, 0.2) is 5.65 Å². The number of aromatic nitrogens is 4. The molecule has 0 atom stereocenters. The fourth-order valence-electron chi connectivity index (χ4n) is 2.69. The molecule has 0 aliphatic carbocycles. The first-order valence-electron chi connectivity index (χ1n) is 8.55. The Balaban J connectivity index is 2.05. The molecule has 2 aromatic heterocycles. The number of ether oxygens (including phenoxy) is 1. The van der Waals surface area contributed by atoms with E-state index < -0.39 is 0 Å². The van der Waals surface area contributed by atoms with E-state index in [9.17, 15) is 14.4 Å². The number of carbonyl (C=O) groups excluding carboxylic acids is 2. The molecule has 0 radical (unpaired) electrons. The third-order valence-corrected chi connectivity index (χ3v) is 4.04. The highest BCUT2D eigenvalue weighted by atomic mass is 16.5. The van der Waals surface area contributed by atoms with Gasteiger partial charge in [0, 0.05) is 33.1 Å². The Morgan fingerprint density at radius 2 is 2.04 bits per heavy atom. The first-order valence-corrected chi connectivity index (χ1v) is 8.55. The second-order valence-electron chi connectivity index (χ2n) is 6.56. The van der Waals surface area contributed by atoms with Crippen molar-refractivity contribution in [2.45, 2.75) is 33.2 Å². The van der Waals surface area contributed by atoms with Gasteiger partial charge in [0.1, 0.15) is 5.39 Å². The summed E-state index contributed by atoms with van der Waals surface area (Å²) in [6.07, 6.45) is 3.21. The zero-order valence-electron chi connectivity index (χ0n) is 15.6. The zero-order chi connectivity index (χ0) is 19.3. The third-order valence-electron chi connectivity index (χ3n) is 4.04. The van der Waals surface area contributed by atoms with Gasteiger partial charge in [0.05, 0.1) is 26.1 Å². The summed E-state index contributed by atoms with van der Waals surface area (Å²) in [5, 5.41) is 4.45. The van der Waals surface area contributed by atoms with Gasteiger partial charge in [-0.3, -0.25) is 23.6 Å². The molecule has 26 heavy (non-hydrogen) atoms. The van der Waals surface area contributed by atoms with Crippen molar-refractivity contribution < 1.29 is 14.3 Å². The SMILES string of the molecule is COC(=O)CCN(CC(C)C)C(=O)CCn1cnc2c(cnn2C)c1=O.